The second-order valence-electron chi connectivity index (χ2n) is 7.23. The molecule has 1 aromatic heterocycles. The van der Waals surface area contributed by atoms with E-state index in [9.17, 15) is 8.42 Å². The largest absolute Gasteiger partial charge is 0.338 e. The number of hydrogen-bond donors (Lipinski definition) is 0. The van der Waals surface area contributed by atoms with Gasteiger partial charge in [0.2, 0.25) is 21.7 Å². The molecule has 0 unspecified atom stereocenters. The van der Waals surface area contributed by atoms with Crippen molar-refractivity contribution in [2.45, 2.75) is 39.0 Å². The van der Waals surface area contributed by atoms with Gasteiger partial charge in [0.1, 0.15) is 0 Å². The maximum absolute atomic E-state index is 12.7. The van der Waals surface area contributed by atoms with Crippen LogP contribution in [-0.2, 0) is 22.3 Å². The van der Waals surface area contributed by atoms with Crippen LogP contribution >= 0.6 is 0 Å². The quantitative estimate of drug-likeness (QED) is 0.597. The summed E-state index contributed by atoms with van der Waals surface area (Å²) in [7, 11) is -1.98. The van der Waals surface area contributed by atoms with Gasteiger partial charge in [0.05, 0.1) is 12.3 Å². The maximum Gasteiger partial charge on any atom is 0.242 e. The fraction of sp³-hybridized carbons (Fsp3) is 0.333. The molecule has 3 rings (SSSR count). The summed E-state index contributed by atoms with van der Waals surface area (Å²) in [5, 5.41) is 3.99. The summed E-state index contributed by atoms with van der Waals surface area (Å²) >= 11 is 0. The highest BCUT2D eigenvalue weighted by atomic mass is 32.2. The van der Waals surface area contributed by atoms with Crippen molar-refractivity contribution in [3.63, 3.8) is 0 Å². The average molecular weight is 400 g/mol. The number of benzene rings is 2. The molecule has 0 atom stereocenters. The minimum Gasteiger partial charge on any atom is -0.338 e. The highest BCUT2D eigenvalue weighted by Crippen LogP contribution is 2.21. The lowest BCUT2D eigenvalue weighted by molar-refractivity contribution is 0.336. The summed E-state index contributed by atoms with van der Waals surface area (Å²) < 4.78 is 31.9. The molecule has 3 aromatic rings. The standard InChI is InChI=1S/C21H25N3O3S/c1-15(2)17-9-11-18(12-10-17)21-22-20(27-23-21)13-24(4)28(25,26)14-19-8-6-5-7-16(19)3/h5-12,15H,13-14H2,1-4H3. The van der Waals surface area contributed by atoms with Crippen LogP contribution in [0.5, 0.6) is 0 Å². The predicted molar refractivity (Wildman–Crippen MR) is 109 cm³/mol. The van der Waals surface area contributed by atoms with E-state index < -0.39 is 10.0 Å². The molecule has 2 aromatic carbocycles. The van der Waals surface area contributed by atoms with Crippen LogP contribution in [0.25, 0.3) is 11.4 Å². The van der Waals surface area contributed by atoms with E-state index in [0.717, 1.165) is 16.7 Å². The van der Waals surface area contributed by atoms with Gasteiger partial charge in [0.15, 0.2) is 0 Å². The topological polar surface area (TPSA) is 76.3 Å². The van der Waals surface area contributed by atoms with Crippen LogP contribution in [0.15, 0.2) is 53.1 Å². The van der Waals surface area contributed by atoms with E-state index in [1.165, 1.54) is 16.9 Å². The monoisotopic (exact) mass is 399 g/mol. The van der Waals surface area contributed by atoms with Crippen molar-refractivity contribution in [1.29, 1.82) is 0 Å². The van der Waals surface area contributed by atoms with Gasteiger partial charge >= 0.3 is 0 Å². The first-order chi connectivity index (χ1) is 13.3. The first kappa shape index (κ1) is 20.2. The summed E-state index contributed by atoms with van der Waals surface area (Å²) in [6.07, 6.45) is 0. The van der Waals surface area contributed by atoms with Gasteiger partial charge in [-0.15, -0.1) is 0 Å². The third kappa shape index (κ3) is 4.66. The molecular weight excluding hydrogens is 374 g/mol. The molecule has 0 aliphatic rings. The van der Waals surface area contributed by atoms with Crippen LogP contribution in [0, 0.1) is 6.92 Å². The van der Waals surface area contributed by atoms with Gasteiger partial charge in [-0.1, -0.05) is 67.5 Å². The lowest BCUT2D eigenvalue weighted by Crippen LogP contribution is -2.28. The first-order valence-electron chi connectivity index (χ1n) is 9.17. The first-order valence-corrected chi connectivity index (χ1v) is 10.8. The van der Waals surface area contributed by atoms with E-state index >= 15 is 0 Å². The van der Waals surface area contributed by atoms with Crippen molar-refractivity contribution in [2.75, 3.05) is 7.05 Å². The Labute approximate surface area is 166 Å². The zero-order chi connectivity index (χ0) is 20.3. The van der Waals surface area contributed by atoms with Gasteiger partial charge in [-0.3, -0.25) is 0 Å². The third-order valence-electron chi connectivity index (χ3n) is 4.74. The Balaban J connectivity index is 1.71. The number of rotatable bonds is 7. The maximum atomic E-state index is 12.7. The van der Waals surface area contributed by atoms with Crippen LogP contribution in [0.3, 0.4) is 0 Å². The molecule has 0 spiro atoms. The zero-order valence-corrected chi connectivity index (χ0v) is 17.4. The number of nitrogens with zero attached hydrogens (tertiary/aromatic N) is 3. The van der Waals surface area contributed by atoms with E-state index in [1.54, 1.807) is 0 Å². The normalized spacial score (nSPS) is 12.1. The second kappa shape index (κ2) is 8.24. The molecule has 0 fully saturated rings. The van der Waals surface area contributed by atoms with Crippen molar-refractivity contribution in [1.82, 2.24) is 14.4 Å². The molecule has 0 bridgehead atoms. The summed E-state index contributed by atoms with van der Waals surface area (Å²) in [5.74, 6) is 1.10. The van der Waals surface area contributed by atoms with E-state index in [-0.39, 0.29) is 18.2 Å². The highest BCUT2D eigenvalue weighted by molar-refractivity contribution is 7.88. The SMILES string of the molecule is Cc1ccccc1CS(=O)(=O)N(C)Cc1nc(-c2ccc(C(C)C)cc2)no1. The summed E-state index contributed by atoms with van der Waals surface area (Å²) in [6.45, 7) is 6.20. The predicted octanol–water partition coefficient (Wildman–Crippen LogP) is 4.13. The van der Waals surface area contributed by atoms with Crippen LogP contribution in [0.4, 0.5) is 0 Å². The molecule has 1 heterocycles. The fourth-order valence-corrected chi connectivity index (χ4v) is 4.07. The Kier molecular flexibility index (Phi) is 5.96. The molecule has 0 saturated heterocycles. The molecule has 0 aliphatic carbocycles. The molecule has 6 nitrogen and oxygen atoms in total. The molecule has 0 N–H and O–H groups in total. The molecule has 28 heavy (non-hydrogen) atoms. The molecule has 0 saturated carbocycles. The van der Waals surface area contributed by atoms with Gasteiger partial charge in [0.25, 0.3) is 0 Å². The van der Waals surface area contributed by atoms with Crippen molar-refractivity contribution in [3.05, 3.63) is 71.1 Å². The van der Waals surface area contributed by atoms with Crippen LogP contribution < -0.4 is 0 Å². The molecule has 7 heteroatoms. The van der Waals surface area contributed by atoms with E-state index in [0.29, 0.717) is 11.7 Å². The number of hydrogen-bond acceptors (Lipinski definition) is 5. The van der Waals surface area contributed by atoms with E-state index in [4.69, 9.17) is 4.52 Å². The van der Waals surface area contributed by atoms with Crippen molar-refractivity contribution < 1.29 is 12.9 Å². The average Bonchev–Trinajstić information content (AvgIpc) is 3.12. The minimum atomic E-state index is -3.50. The zero-order valence-electron chi connectivity index (χ0n) is 16.6. The van der Waals surface area contributed by atoms with Crippen molar-refractivity contribution in [3.8, 4) is 11.4 Å². The highest BCUT2D eigenvalue weighted by Gasteiger charge is 2.22. The smallest absolute Gasteiger partial charge is 0.242 e. The Morgan fingerprint density at radius 3 is 2.39 bits per heavy atom. The minimum absolute atomic E-state index is 0.0330. The van der Waals surface area contributed by atoms with Gasteiger partial charge < -0.3 is 4.52 Å². The van der Waals surface area contributed by atoms with Gasteiger partial charge in [-0.25, -0.2) is 8.42 Å². The third-order valence-corrected chi connectivity index (χ3v) is 6.49. The fourth-order valence-electron chi connectivity index (χ4n) is 2.82. The Morgan fingerprint density at radius 2 is 1.75 bits per heavy atom. The van der Waals surface area contributed by atoms with Crippen LogP contribution in [-0.4, -0.2) is 29.9 Å². The molecule has 0 aliphatic heterocycles. The summed E-state index contributed by atoms with van der Waals surface area (Å²) in [6, 6.07) is 15.4. The number of aromatic nitrogens is 2. The lowest BCUT2D eigenvalue weighted by Gasteiger charge is -2.15. The van der Waals surface area contributed by atoms with Gasteiger partial charge in [-0.05, 0) is 29.5 Å². The van der Waals surface area contributed by atoms with E-state index in [2.05, 4.69) is 24.0 Å². The lowest BCUT2D eigenvalue weighted by atomic mass is 10.0. The summed E-state index contributed by atoms with van der Waals surface area (Å²) in [5.41, 5.74) is 3.80. The van der Waals surface area contributed by atoms with Crippen molar-refractivity contribution >= 4 is 10.0 Å². The Bertz CT molecular complexity index is 1040. The van der Waals surface area contributed by atoms with E-state index in [1.807, 2.05) is 55.5 Å². The second-order valence-corrected chi connectivity index (χ2v) is 9.30. The van der Waals surface area contributed by atoms with Gasteiger partial charge in [-0.2, -0.15) is 9.29 Å². The number of aryl methyl sites for hydroxylation is 1. The Hall–Kier alpha value is -2.51. The number of sulfonamides is 1. The molecular formula is C21H25N3O3S. The van der Waals surface area contributed by atoms with Crippen molar-refractivity contribution in [2.24, 2.45) is 0 Å². The molecule has 148 valence electrons. The van der Waals surface area contributed by atoms with Crippen LogP contribution in [0.1, 0.15) is 42.3 Å². The Morgan fingerprint density at radius 1 is 1.07 bits per heavy atom. The van der Waals surface area contributed by atoms with Crippen LogP contribution in [0.2, 0.25) is 0 Å². The molecule has 0 amide bonds. The van der Waals surface area contributed by atoms with Gasteiger partial charge in [0, 0.05) is 12.6 Å². The summed E-state index contributed by atoms with van der Waals surface area (Å²) in [4.78, 5) is 4.35. The molecule has 0 radical (unpaired) electrons.